The van der Waals surface area contributed by atoms with Crippen LogP contribution in [0.5, 0.6) is 0 Å². The molecule has 0 fully saturated rings. The molecule has 0 unspecified atom stereocenters. The molecule has 0 aromatic carbocycles. The molecule has 1 N–H and O–H groups in total. The molecule has 6 heteroatoms. The molecule has 80 valence electrons. The van der Waals surface area contributed by atoms with Crippen molar-refractivity contribution < 1.29 is 4.79 Å². The Morgan fingerprint density at radius 1 is 1.73 bits per heavy atom. The number of carbonyl (C=O) groups is 1. The Labute approximate surface area is 87.9 Å². The lowest BCUT2D eigenvalue weighted by atomic mass is 10.3. The van der Waals surface area contributed by atoms with Crippen molar-refractivity contribution in [3.63, 3.8) is 0 Å². The fraction of sp³-hybridized carbons (Fsp3) is 0.556. The molecule has 1 aromatic heterocycles. The third-order valence-electron chi connectivity index (χ3n) is 1.97. The van der Waals surface area contributed by atoms with Crippen LogP contribution in [0.2, 0.25) is 0 Å². The summed E-state index contributed by atoms with van der Waals surface area (Å²) in [7, 11) is 0. The van der Waals surface area contributed by atoms with Crippen molar-refractivity contribution in [3.05, 3.63) is 12.2 Å². The van der Waals surface area contributed by atoms with E-state index in [1.807, 2.05) is 19.9 Å². The van der Waals surface area contributed by atoms with Gasteiger partial charge in [0, 0.05) is 12.6 Å². The zero-order valence-electron chi connectivity index (χ0n) is 8.77. The molecule has 0 bridgehead atoms. The first-order chi connectivity index (χ1) is 7.16. The second-order valence-electron chi connectivity index (χ2n) is 3.33. The molecule has 1 heterocycles. The predicted molar refractivity (Wildman–Crippen MR) is 52.8 cm³/mol. The van der Waals surface area contributed by atoms with Gasteiger partial charge >= 0.3 is 0 Å². The Hall–Kier alpha value is -1.90. The van der Waals surface area contributed by atoms with E-state index in [-0.39, 0.29) is 17.8 Å². The van der Waals surface area contributed by atoms with Crippen molar-refractivity contribution in [1.29, 1.82) is 5.26 Å². The van der Waals surface area contributed by atoms with Crippen LogP contribution in [0.1, 0.15) is 30.9 Å². The van der Waals surface area contributed by atoms with Crippen LogP contribution in [0.15, 0.2) is 6.33 Å². The SMILES string of the molecule is CC(C)N(CCC#N)C(=O)c1ncn[nH]1. The number of hydrogen-bond acceptors (Lipinski definition) is 4. The highest BCUT2D eigenvalue weighted by molar-refractivity contribution is 5.90. The van der Waals surface area contributed by atoms with Crippen molar-refractivity contribution in [2.24, 2.45) is 0 Å². The number of nitrogens with one attached hydrogen (secondary N) is 1. The molecular formula is C9H13N5O. The van der Waals surface area contributed by atoms with Crippen molar-refractivity contribution in [1.82, 2.24) is 20.1 Å². The lowest BCUT2D eigenvalue weighted by molar-refractivity contribution is 0.0698. The van der Waals surface area contributed by atoms with Crippen LogP contribution in [0.3, 0.4) is 0 Å². The number of H-pyrrole nitrogens is 1. The second-order valence-corrected chi connectivity index (χ2v) is 3.33. The van der Waals surface area contributed by atoms with Crippen molar-refractivity contribution >= 4 is 5.91 Å². The largest absolute Gasteiger partial charge is 0.332 e. The fourth-order valence-corrected chi connectivity index (χ4v) is 1.21. The molecular weight excluding hydrogens is 194 g/mol. The van der Waals surface area contributed by atoms with Gasteiger partial charge in [-0.25, -0.2) is 4.98 Å². The molecule has 0 aliphatic heterocycles. The van der Waals surface area contributed by atoms with Gasteiger partial charge in [0.1, 0.15) is 6.33 Å². The number of rotatable bonds is 4. The van der Waals surface area contributed by atoms with Crippen LogP contribution in [0, 0.1) is 11.3 Å². The fourth-order valence-electron chi connectivity index (χ4n) is 1.21. The summed E-state index contributed by atoms with van der Waals surface area (Å²) in [5, 5.41) is 14.6. The number of nitriles is 1. The van der Waals surface area contributed by atoms with Crippen molar-refractivity contribution in [2.75, 3.05) is 6.54 Å². The first-order valence-corrected chi connectivity index (χ1v) is 4.70. The average Bonchev–Trinajstić information content (AvgIpc) is 2.70. The number of carbonyl (C=O) groups excluding carboxylic acids is 1. The summed E-state index contributed by atoms with van der Waals surface area (Å²) in [5.41, 5.74) is 0. The molecule has 6 nitrogen and oxygen atoms in total. The molecule has 1 amide bonds. The minimum Gasteiger partial charge on any atom is -0.332 e. The highest BCUT2D eigenvalue weighted by Crippen LogP contribution is 2.04. The molecule has 15 heavy (non-hydrogen) atoms. The Morgan fingerprint density at radius 3 is 2.93 bits per heavy atom. The highest BCUT2D eigenvalue weighted by Gasteiger charge is 2.20. The van der Waals surface area contributed by atoms with Gasteiger partial charge in [-0.05, 0) is 13.8 Å². The van der Waals surface area contributed by atoms with Crippen molar-refractivity contribution in [2.45, 2.75) is 26.3 Å². The standard InChI is InChI=1S/C9H13N5O/c1-7(2)14(5-3-4-10)9(15)8-11-6-12-13-8/h6-7H,3,5H2,1-2H3,(H,11,12,13). The Morgan fingerprint density at radius 2 is 2.47 bits per heavy atom. The first kappa shape index (κ1) is 11.2. The molecule has 0 aliphatic carbocycles. The smallest absolute Gasteiger partial charge is 0.291 e. The quantitative estimate of drug-likeness (QED) is 0.782. The molecule has 0 saturated carbocycles. The molecule has 1 aromatic rings. The highest BCUT2D eigenvalue weighted by atomic mass is 16.2. The lowest BCUT2D eigenvalue weighted by Crippen LogP contribution is -2.38. The average molecular weight is 207 g/mol. The van der Waals surface area contributed by atoms with Gasteiger partial charge in [-0.3, -0.25) is 9.89 Å². The van der Waals surface area contributed by atoms with Gasteiger partial charge < -0.3 is 4.90 Å². The number of aromatic nitrogens is 3. The minimum absolute atomic E-state index is 0.0379. The molecule has 0 saturated heterocycles. The van der Waals surface area contributed by atoms with Gasteiger partial charge in [-0.1, -0.05) is 0 Å². The van der Waals surface area contributed by atoms with Crippen molar-refractivity contribution in [3.8, 4) is 6.07 Å². The normalized spacial score (nSPS) is 10.0. The van der Waals surface area contributed by atoms with E-state index in [0.717, 1.165) is 0 Å². The topological polar surface area (TPSA) is 85.7 Å². The van der Waals surface area contributed by atoms with E-state index >= 15 is 0 Å². The number of amides is 1. The van der Waals surface area contributed by atoms with Crippen LogP contribution in [-0.2, 0) is 0 Å². The maximum atomic E-state index is 11.8. The summed E-state index contributed by atoms with van der Waals surface area (Å²) in [6.45, 7) is 4.20. The van der Waals surface area contributed by atoms with E-state index in [9.17, 15) is 4.79 Å². The van der Waals surface area contributed by atoms with Crippen LogP contribution in [0.4, 0.5) is 0 Å². The van der Waals surface area contributed by atoms with E-state index in [1.54, 1.807) is 4.90 Å². The van der Waals surface area contributed by atoms with Gasteiger partial charge in [-0.2, -0.15) is 10.4 Å². The molecule has 1 rings (SSSR count). The number of hydrogen-bond donors (Lipinski definition) is 1. The Balaban J connectivity index is 2.73. The molecule has 0 aliphatic rings. The summed E-state index contributed by atoms with van der Waals surface area (Å²) in [4.78, 5) is 17.2. The molecule has 0 atom stereocenters. The first-order valence-electron chi connectivity index (χ1n) is 4.70. The van der Waals surface area contributed by atoms with Gasteiger partial charge in [0.05, 0.1) is 12.5 Å². The monoisotopic (exact) mass is 207 g/mol. The summed E-state index contributed by atoms with van der Waals surface area (Å²) < 4.78 is 0. The summed E-state index contributed by atoms with van der Waals surface area (Å²) in [5.74, 6) is -0.0145. The van der Waals surface area contributed by atoms with E-state index in [4.69, 9.17) is 5.26 Å². The Bertz CT molecular complexity index is 351. The zero-order chi connectivity index (χ0) is 11.3. The van der Waals surface area contributed by atoms with Gasteiger partial charge in [0.2, 0.25) is 5.82 Å². The van der Waals surface area contributed by atoms with E-state index in [0.29, 0.717) is 13.0 Å². The lowest BCUT2D eigenvalue weighted by Gasteiger charge is -2.24. The third kappa shape index (κ3) is 2.77. The predicted octanol–water partition coefficient (Wildman–Crippen LogP) is 0.569. The second kappa shape index (κ2) is 5.10. The van der Waals surface area contributed by atoms with E-state index in [1.165, 1.54) is 6.33 Å². The third-order valence-corrected chi connectivity index (χ3v) is 1.97. The minimum atomic E-state index is -0.224. The number of aromatic amines is 1. The van der Waals surface area contributed by atoms with Gasteiger partial charge in [0.25, 0.3) is 5.91 Å². The van der Waals surface area contributed by atoms with Gasteiger partial charge in [0.15, 0.2) is 0 Å². The van der Waals surface area contributed by atoms with E-state index in [2.05, 4.69) is 15.2 Å². The maximum Gasteiger partial charge on any atom is 0.291 e. The summed E-state index contributed by atoms with van der Waals surface area (Å²) in [6.07, 6.45) is 1.61. The molecule has 0 radical (unpaired) electrons. The van der Waals surface area contributed by atoms with E-state index < -0.39 is 0 Å². The van der Waals surface area contributed by atoms with Crippen LogP contribution in [0.25, 0.3) is 0 Å². The van der Waals surface area contributed by atoms with Crippen LogP contribution in [-0.4, -0.2) is 38.6 Å². The summed E-state index contributed by atoms with van der Waals surface area (Å²) in [6, 6.07) is 2.05. The van der Waals surface area contributed by atoms with Gasteiger partial charge in [-0.15, -0.1) is 0 Å². The summed E-state index contributed by atoms with van der Waals surface area (Å²) >= 11 is 0. The maximum absolute atomic E-state index is 11.8. The zero-order valence-corrected chi connectivity index (χ0v) is 8.77. The molecule has 0 spiro atoms. The van der Waals surface area contributed by atoms with Crippen LogP contribution < -0.4 is 0 Å². The van der Waals surface area contributed by atoms with Crippen LogP contribution >= 0.6 is 0 Å². The Kier molecular flexibility index (Phi) is 3.80. The number of nitrogens with zero attached hydrogens (tertiary/aromatic N) is 4.